The van der Waals surface area contributed by atoms with E-state index in [0.717, 1.165) is 5.56 Å². The van der Waals surface area contributed by atoms with Gasteiger partial charge in [0.25, 0.3) is 0 Å². The van der Waals surface area contributed by atoms with Gasteiger partial charge in [-0.3, -0.25) is 0 Å². The van der Waals surface area contributed by atoms with Crippen molar-refractivity contribution in [3.05, 3.63) is 45.7 Å². The fraction of sp³-hybridized carbons (Fsp3) is 0.0909. The molecule has 2 aromatic rings. The second-order valence-corrected chi connectivity index (χ2v) is 3.81. The van der Waals surface area contributed by atoms with E-state index in [-0.39, 0.29) is 6.54 Å². The molecule has 1 aromatic carbocycles. The van der Waals surface area contributed by atoms with Gasteiger partial charge in [-0.05, 0) is 34.5 Å². The minimum absolute atomic E-state index is 0.221. The van der Waals surface area contributed by atoms with Gasteiger partial charge in [-0.15, -0.1) is 11.3 Å². The van der Waals surface area contributed by atoms with Crippen molar-refractivity contribution >= 4 is 21.4 Å². The van der Waals surface area contributed by atoms with Gasteiger partial charge in [-0.25, -0.2) is 0 Å². The number of fused-ring (bicyclic) bond motifs is 1. The normalized spacial score (nSPS) is 9.07. The molecule has 0 aliphatic carbocycles. The summed E-state index contributed by atoms with van der Waals surface area (Å²) in [6.07, 6.45) is 0. The Morgan fingerprint density at radius 1 is 1.40 bits per heavy atom. The fourth-order valence-corrected chi connectivity index (χ4v) is 2.07. The number of thiophene rings is 1. The number of benzene rings is 1. The molecule has 15 heavy (non-hydrogen) atoms. The predicted octanol–water partition coefficient (Wildman–Crippen LogP) is 3.56. The van der Waals surface area contributed by atoms with Crippen molar-refractivity contribution in [3.8, 4) is 11.8 Å². The van der Waals surface area contributed by atoms with E-state index in [1.54, 1.807) is 11.3 Å². The Balaban J connectivity index is 2.26. The molecule has 3 nitrogen and oxygen atoms in total. The molecule has 0 atom stereocenters. The average molecular weight is 213 g/mol. The van der Waals surface area contributed by atoms with Crippen LogP contribution in [0.15, 0.2) is 34.8 Å². The van der Waals surface area contributed by atoms with Gasteiger partial charge in [0.05, 0.1) is 6.54 Å². The summed E-state index contributed by atoms with van der Waals surface area (Å²) in [4.78, 5) is 2.63. The number of hydrogen-bond acceptors (Lipinski definition) is 2. The van der Waals surface area contributed by atoms with Crippen molar-refractivity contribution < 1.29 is 0 Å². The minimum Gasteiger partial charge on any atom is -0.144 e. The Bertz CT molecular complexity index is 582. The molecule has 72 valence electrons. The smallest absolute Gasteiger partial charge is 0.0880 e. The molecular weight excluding hydrogens is 206 g/mol. The number of nitrogens with zero attached hydrogens (tertiary/aromatic N) is 3. The third kappa shape index (κ3) is 2.29. The molecule has 0 fully saturated rings. The van der Waals surface area contributed by atoms with Crippen LogP contribution >= 0.6 is 11.3 Å². The van der Waals surface area contributed by atoms with Crippen LogP contribution in [-0.2, 0) is 0 Å². The van der Waals surface area contributed by atoms with Crippen LogP contribution in [0.1, 0.15) is 5.56 Å². The Morgan fingerprint density at radius 3 is 3.20 bits per heavy atom. The van der Waals surface area contributed by atoms with Crippen molar-refractivity contribution in [2.24, 2.45) is 5.11 Å². The molecule has 0 radical (unpaired) electrons. The summed E-state index contributed by atoms with van der Waals surface area (Å²) in [5, 5.41) is 6.64. The first kappa shape index (κ1) is 9.60. The molecule has 0 spiro atoms. The maximum atomic E-state index is 8.07. The first-order chi connectivity index (χ1) is 7.40. The van der Waals surface area contributed by atoms with Gasteiger partial charge in [0.2, 0.25) is 0 Å². The summed E-state index contributed by atoms with van der Waals surface area (Å²) in [6.45, 7) is 0.221. The second-order valence-electron chi connectivity index (χ2n) is 2.86. The lowest BCUT2D eigenvalue weighted by atomic mass is 10.2. The summed E-state index contributed by atoms with van der Waals surface area (Å²) < 4.78 is 1.23. The molecule has 0 saturated carbocycles. The zero-order chi connectivity index (χ0) is 10.5. The highest BCUT2D eigenvalue weighted by Gasteiger charge is 1.94. The van der Waals surface area contributed by atoms with Crippen LogP contribution in [0.25, 0.3) is 20.5 Å². The second kappa shape index (κ2) is 4.52. The maximum Gasteiger partial charge on any atom is 0.0880 e. The zero-order valence-electron chi connectivity index (χ0n) is 7.84. The van der Waals surface area contributed by atoms with Gasteiger partial charge in [-0.1, -0.05) is 23.0 Å². The Hall–Kier alpha value is -1.95. The van der Waals surface area contributed by atoms with Crippen molar-refractivity contribution in [2.75, 3.05) is 6.54 Å². The summed E-state index contributed by atoms with van der Waals surface area (Å²) in [6, 6.07) is 8.14. The summed E-state index contributed by atoms with van der Waals surface area (Å²) in [5.74, 6) is 5.75. The lowest BCUT2D eigenvalue weighted by molar-refractivity contribution is 1.25. The predicted molar refractivity (Wildman–Crippen MR) is 62.7 cm³/mol. The number of hydrogen-bond donors (Lipinski definition) is 0. The quantitative estimate of drug-likeness (QED) is 0.301. The third-order valence-corrected chi connectivity index (χ3v) is 2.78. The topological polar surface area (TPSA) is 48.8 Å². The van der Waals surface area contributed by atoms with Crippen LogP contribution < -0.4 is 0 Å². The average Bonchev–Trinajstić information content (AvgIpc) is 2.71. The van der Waals surface area contributed by atoms with E-state index in [1.165, 1.54) is 10.1 Å². The van der Waals surface area contributed by atoms with E-state index in [9.17, 15) is 0 Å². The third-order valence-electron chi connectivity index (χ3n) is 1.90. The van der Waals surface area contributed by atoms with Crippen molar-refractivity contribution in [2.45, 2.75) is 0 Å². The van der Waals surface area contributed by atoms with Crippen molar-refractivity contribution in [1.82, 2.24) is 0 Å². The van der Waals surface area contributed by atoms with Gasteiger partial charge in [0, 0.05) is 15.2 Å². The highest BCUT2D eigenvalue weighted by atomic mass is 32.1. The molecule has 0 amide bonds. The lowest BCUT2D eigenvalue weighted by Crippen LogP contribution is -1.74. The first-order valence-corrected chi connectivity index (χ1v) is 5.25. The number of rotatable bonds is 1. The summed E-state index contributed by atoms with van der Waals surface area (Å²) >= 11 is 1.70. The maximum absolute atomic E-state index is 8.07. The molecule has 0 aliphatic rings. The minimum atomic E-state index is 0.221. The van der Waals surface area contributed by atoms with Crippen LogP contribution in [0.5, 0.6) is 0 Å². The molecule has 0 bridgehead atoms. The Morgan fingerprint density at radius 2 is 2.33 bits per heavy atom. The molecule has 2 rings (SSSR count). The molecule has 0 saturated heterocycles. The van der Waals surface area contributed by atoms with Crippen LogP contribution in [0.4, 0.5) is 0 Å². The highest BCUT2D eigenvalue weighted by molar-refractivity contribution is 7.17. The van der Waals surface area contributed by atoms with E-state index >= 15 is 0 Å². The summed E-state index contributed by atoms with van der Waals surface area (Å²) in [7, 11) is 0. The van der Waals surface area contributed by atoms with E-state index in [4.69, 9.17) is 5.53 Å². The van der Waals surface area contributed by atoms with E-state index < -0.39 is 0 Å². The van der Waals surface area contributed by atoms with E-state index in [1.807, 2.05) is 18.2 Å². The van der Waals surface area contributed by atoms with Gasteiger partial charge in [0.1, 0.15) is 0 Å². The number of azide groups is 1. The van der Waals surface area contributed by atoms with Gasteiger partial charge in [0.15, 0.2) is 0 Å². The molecule has 1 heterocycles. The van der Waals surface area contributed by atoms with Crippen LogP contribution in [0.3, 0.4) is 0 Å². The fourth-order valence-electron chi connectivity index (χ4n) is 1.24. The SMILES string of the molecule is [N-]=[N+]=NCC#Cc1ccc2ccsc2c1. The van der Waals surface area contributed by atoms with E-state index in [0.29, 0.717) is 0 Å². The van der Waals surface area contributed by atoms with Gasteiger partial charge in [-0.2, -0.15) is 0 Å². The molecular formula is C11H7N3S. The van der Waals surface area contributed by atoms with Gasteiger partial charge >= 0.3 is 0 Å². The summed E-state index contributed by atoms with van der Waals surface area (Å²) in [5.41, 5.74) is 9.03. The van der Waals surface area contributed by atoms with Crippen LogP contribution in [0.2, 0.25) is 0 Å². The van der Waals surface area contributed by atoms with Crippen LogP contribution in [-0.4, -0.2) is 6.54 Å². The Kier molecular flexibility index (Phi) is 2.89. The van der Waals surface area contributed by atoms with E-state index in [2.05, 4.69) is 33.3 Å². The monoisotopic (exact) mass is 213 g/mol. The molecule has 1 aromatic heterocycles. The van der Waals surface area contributed by atoms with Gasteiger partial charge < -0.3 is 0 Å². The highest BCUT2D eigenvalue weighted by Crippen LogP contribution is 2.21. The Labute approximate surface area is 91.0 Å². The first-order valence-electron chi connectivity index (χ1n) is 4.37. The molecule has 0 N–H and O–H groups in total. The molecule has 0 aliphatic heterocycles. The largest absolute Gasteiger partial charge is 0.144 e. The molecule has 0 unspecified atom stereocenters. The lowest BCUT2D eigenvalue weighted by Gasteiger charge is -1.90. The van der Waals surface area contributed by atoms with Crippen molar-refractivity contribution in [3.63, 3.8) is 0 Å². The zero-order valence-corrected chi connectivity index (χ0v) is 8.66. The standard InChI is InChI=1S/C11H7N3S/c12-14-13-6-1-2-9-3-4-10-5-7-15-11(10)8-9/h3-5,7-8H,6H2. The van der Waals surface area contributed by atoms with Crippen molar-refractivity contribution in [1.29, 1.82) is 0 Å². The molecule has 4 heteroatoms. The van der Waals surface area contributed by atoms with Crippen LogP contribution in [0, 0.1) is 11.8 Å².